The van der Waals surface area contributed by atoms with Gasteiger partial charge in [-0.05, 0) is 13.0 Å². The molecule has 5 heteroatoms. The number of rotatable bonds is 6. The average Bonchev–Trinajstić information content (AvgIpc) is 2.83. The minimum absolute atomic E-state index is 0.0717. The van der Waals surface area contributed by atoms with E-state index in [4.69, 9.17) is 10.00 Å². The number of thiazole rings is 1. The van der Waals surface area contributed by atoms with Gasteiger partial charge in [-0.2, -0.15) is 5.26 Å². The van der Waals surface area contributed by atoms with Crippen LogP contribution in [0.5, 0.6) is 5.75 Å². The Kier molecular flexibility index (Phi) is 4.90. The van der Waals surface area contributed by atoms with Gasteiger partial charge in [0.25, 0.3) is 0 Å². The number of nitriles is 1. The van der Waals surface area contributed by atoms with Gasteiger partial charge in [0, 0.05) is 24.0 Å². The van der Waals surface area contributed by atoms with Crippen molar-refractivity contribution in [3.8, 4) is 11.8 Å². The first-order chi connectivity index (χ1) is 9.29. The summed E-state index contributed by atoms with van der Waals surface area (Å²) in [5, 5.41) is 15.0. The number of para-hydroxylation sites is 1. The molecule has 0 aliphatic heterocycles. The van der Waals surface area contributed by atoms with Crippen molar-refractivity contribution >= 4 is 11.3 Å². The van der Waals surface area contributed by atoms with E-state index in [2.05, 4.69) is 15.7 Å². The third-order valence-corrected chi connectivity index (χ3v) is 3.38. The molecule has 4 nitrogen and oxygen atoms in total. The molecule has 2 rings (SSSR count). The molecule has 0 amide bonds. The van der Waals surface area contributed by atoms with E-state index in [-0.39, 0.29) is 6.61 Å². The molecule has 0 fully saturated rings. The molecule has 0 bridgehead atoms. The number of nitrogens with one attached hydrogen (secondary N) is 1. The second-order valence-electron chi connectivity index (χ2n) is 4.02. The zero-order valence-corrected chi connectivity index (χ0v) is 11.5. The van der Waals surface area contributed by atoms with Gasteiger partial charge in [-0.25, -0.2) is 4.98 Å². The molecule has 0 radical (unpaired) electrons. The van der Waals surface area contributed by atoms with Crippen LogP contribution >= 0.6 is 11.3 Å². The molecule has 0 unspecified atom stereocenters. The number of aryl methyl sites for hydroxylation is 1. The van der Waals surface area contributed by atoms with Gasteiger partial charge in [-0.3, -0.25) is 0 Å². The van der Waals surface area contributed by atoms with E-state index >= 15 is 0 Å². The Labute approximate surface area is 116 Å². The van der Waals surface area contributed by atoms with Crippen LogP contribution in [-0.2, 0) is 13.1 Å². The molecule has 19 heavy (non-hydrogen) atoms. The SMILES string of the molecule is Cc1nc(CNCc2ccccc2OCC#N)cs1. The minimum atomic E-state index is 0.0717. The third-order valence-electron chi connectivity index (χ3n) is 2.55. The van der Waals surface area contributed by atoms with Crippen LogP contribution in [-0.4, -0.2) is 11.6 Å². The minimum Gasteiger partial charge on any atom is -0.478 e. The van der Waals surface area contributed by atoms with E-state index in [0.29, 0.717) is 6.54 Å². The van der Waals surface area contributed by atoms with Crippen LogP contribution in [0.4, 0.5) is 0 Å². The first kappa shape index (κ1) is 13.5. The topological polar surface area (TPSA) is 57.9 Å². The highest BCUT2D eigenvalue weighted by atomic mass is 32.1. The fourth-order valence-corrected chi connectivity index (χ4v) is 2.33. The Morgan fingerprint density at radius 1 is 1.37 bits per heavy atom. The summed E-state index contributed by atoms with van der Waals surface area (Å²) in [4.78, 5) is 4.40. The molecule has 98 valence electrons. The van der Waals surface area contributed by atoms with Crippen molar-refractivity contribution in [1.82, 2.24) is 10.3 Å². The maximum absolute atomic E-state index is 8.55. The van der Waals surface area contributed by atoms with Crippen LogP contribution in [0, 0.1) is 18.3 Å². The van der Waals surface area contributed by atoms with Gasteiger partial charge in [0.15, 0.2) is 6.61 Å². The van der Waals surface area contributed by atoms with Crippen molar-refractivity contribution in [2.45, 2.75) is 20.0 Å². The van der Waals surface area contributed by atoms with Gasteiger partial charge in [0.05, 0.1) is 10.7 Å². The molecular weight excluding hydrogens is 258 g/mol. The van der Waals surface area contributed by atoms with Gasteiger partial charge < -0.3 is 10.1 Å². The van der Waals surface area contributed by atoms with Crippen molar-refractivity contribution in [1.29, 1.82) is 5.26 Å². The lowest BCUT2D eigenvalue weighted by Crippen LogP contribution is -2.14. The number of nitrogens with zero attached hydrogens (tertiary/aromatic N) is 2. The molecule has 0 spiro atoms. The zero-order chi connectivity index (χ0) is 13.5. The maximum atomic E-state index is 8.55. The summed E-state index contributed by atoms with van der Waals surface area (Å²) in [5.41, 5.74) is 2.10. The number of aromatic nitrogens is 1. The summed E-state index contributed by atoms with van der Waals surface area (Å²) >= 11 is 1.65. The highest BCUT2D eigenvalue weighted by Gasteiger charge is 2.03. The second-order valence-corrected chi connectivity index (χ2v) is 5.08. The Hall–Kier alpha value is -1.90. The predicted octanol–water partition coefficient (Wildman–Crippen LogP) is 2.64. The quantitative estimate of drug-likeness (QED) is 0.879. The number of hydrogen-bond donors (Lipinski definition) is 1. The van der Waals surface area contributed by atoms with Gasteiger partial charge in [0.2, 0.25) is 0 Å². The smallest absolute Gasteiger partial charge is 0.174 e. The molecule has 1 aromatic heterocycles. The lowest BCUT2D eigenvalue weighted by Gasteiger charge is -2.09. The Balaban J connectivity index is 1.90. The molecule has 0 atom stereocenters. The average molecular weight is 273 g/mol. The van der Waals surface area contributed by atoms with E-state index in [1.165, 1.54) is 0 Å². The first-order valence-electron chi connectivity index (χ1n) is 5.99. The van der Waals surface area contributed by atoms with Crippen LogP contribution in [0.15, 0.2) is 29.6 Å². The molecule has 1 heterocycles. The van der Waals surface area contributed by atoms with Gasteiger partial charge >= 0.3 is 0 Å². The highest BCUT2D eigenvalue weighted by molar-refractivity contribution is 7.09. The standard InChI is InChI=1S/C14H15N3OS/c1-11-17-13(10-19-11)9-16-8-12-4-2-3-5-14(12)18-7-6-15/h2-5,10,16H,7-9H2,1H3. The van der Waals surface area contributed by atoms with Crippen LogP contribution in [0.3, 0.4) is 0 Å². The second kappa shape index (κ2) is 6.88. The monoisotopic (exact) mass is 273 g/mol. The summed E-state index contributed by atoms with van der Waals surface area (Å²) < 4.78 is 5.38. The molecule has 1 N–H and O–H groups in total. The fourth-order valence-electron chi connectivity index (χ4n) is 1.72. The number of hydrogen-bond acceptors (Lipinski definition) is 5. The number of benzene rings is 1. The summed E-state index contributed by atoms with van der Waals surface area (Å²) in [6, 6.07) is 9.71. The van der Waals surface area contributed by atoms with Crippen molar-refractivity contribution in [2.75, 3.05) is 6.61 Å². The zero-order valence-electron chi connectivity index (χ0n) is 10.7. The van der Waals surface area contributed by atoms with Gasteiger partial charge in [0.1, 0.15) is 11.8 Å². The maximum Gasteiger partial charge on any atom is 0.174 e. The molecular formula is C14H15N3OS. The normalized spacial score (nSPS) is 10.1. The first-order valence-corrected chi connectivity index (χ1v) is 6.87. The van der Waals surface area contributed by atoms with E-state index < -0.39 is 0 Å². The van der Waals surface area contributed by atoms with Crippen molar-refractivity contribution in [3.05, 3.63) is 45.9 Å². The Morgan fingerprint density at radius 3 is 2.95 bits per heavy atom. The van der Waals surface area contributed by atoms with E-state index in [0.717, 1.165) is 28.6 Å². The Morgan fingerprint density at radius 2 is 2.21 bits per heavy atom. The van der Waals surface area contributed by atoms with Crippen LogP contribution < -0.4 is 10.1 Å². The Bertz CT molecular complexity index is 574. The van der Waals surface area contributed by atoms with Crippen LogP contribution in [0.2, 0.25) is 0 Å². The molecule has 0 aliphatic rings. The summed E-state index contributed by atoms with van der Waals surface area (Å²) in [6.07, 6.45) is 0. The lowest BCUT2D eigenvalue weighted by atomic mass is 10.2. The third kappa shape index (κ3) is 4.05. The van der Waals surface area contributed by atoms with Gasteiger partial charge in [-0.1, -0.05) is 18.2 Å². The predicted molar refractivity (Wildman–Crippen MR) is 74.9 cm³/mol. The summed E-state index contributed by atoms with van der Waals surface area (Å²) in [7, 11) is 0. The highest BCUT2D eigenvalue weighted by Crippen LogP contribution is 2.17. The van der Waals surface area contributed by atoms with Crippen molar-refractivity contribution in [3.63, 3.8) is 0 Å². The molecule has 2 aromatic rings. The van der Waals surface area contributed by atoms with Crippen LogP contribution in [0.1, 0.15) is 16.3 Å². The summed E-state index contributed by atoms with van der Waals surface area (Å²) in [5.74, 6) is 0.756. The molecule has 1 aromatic carbocycles. The van der Waals surface area contributed by atoms with Gasteiger partial charge in [-0.15, -0.1) is 11.3 Å². The van der Waals surface area contributed by atoms with E-state index in [9.17, 15) is 0 Å². The van der Waals surface area contributed by atoms with Crippen molar-refractivity contribution in [2.24, 2.45) is 0 Å². The largest absolute Gasteiger partial charge is 0.478 e. The molecule has 0 saturated carbocycles. The fraction of sp³-hybridized carbons (Fsp3) is 0.286. The van der Waals surface area contributed by atoms with Crippen molar-refractivity contribution < 1.29 is 4.74 Å². The van der Waals surface area contributed by atoms with E-state index in [1.807, 2.05) is 37.3 Å². The number of ether oxygens (including phenoxy) is 1. The van der Waals surface area contributed by atoms with Crippen LogP contribution in [0.25, 0.3) is 0 Å². The molecule has 0 saturated heterocycles. The lowest BCUT2D eigenvalue weighted by molar-refractivity contribution is 0.362. The van der Waals surface area contributed by atoms with E-state index in [1.54, 1.807) is 11.3 Å². The molecule has 0 aliphatic carbocycles. The summed E-state index contributed by atoms with van der Waals surface area (Å²) in [6.45, 7) is 3.50.